The van der Waals surface area contributed by atoms with Crippen LogP contribution in [0.3, 0.4) is 0 Å². The molecule has 2 rings (SSSR count). The Morgan fingerprint density at radius 3 is 3.00 bits per heavy atom. The van der Waals surface area contributed by atoms with Gasteiger partial charge in [0.25, 0.3) is 0 Å². The number of nitrogens with one attached hydrogen (secondary N) is 1. The van der Waals surface area contributed by atoms with Crippen LogP contribution in [0.4, 0.5) is 5.00 Å². The van der Waals surface area contributed by atoms with Gasteiger partial charge in [0.05, 0.1) is 4.92 Å². The van der Waals surface area contributed by atoms with Crippen LogP contribution in [-0.4, -0.2) is 35.5 Å². The van der Waals surface area contributed by atoms with E-state index >= 15 is 0 Å². The van der Waals surface area contributed by atoms with E-state index in [9.17, 15) is 10.1 Å². The highest BCUT2D eigenvalue weighted by molar-refractivity contribution is 7.13. The Balaban J connectivity index is 1.91. The molecule has 1 aliphatic heterocycles. The molecule has 0 amide bonds. The van der Waals surface area contributed by atoms with Crippen molar-refractivity contribution in [2.24, 2.45) is 0 Å². The summed E-state index contributed by atoms with van der Waals surface area (Å²) in [6, 6.07) is 2.28. The predicted octanol–water partition coefficient (Wildman–Crippen LogP) is 3.01. The van der Waals surface area contributed by atoms with Crippen LogP contribution in [0, 0.1) is 10.1 Å². The Kier molecular flexibility index (Phi) is 5.94. The fourth-order valence-electron chi connectivity index (χ4n) is 2.74. The number of hydrogen-bond acceptors (Lipinski definition) is 5. The summed E-state index contributed by atoms with van der Waals surface area (Å²) in [6.07, 6.45) is 4.94. The van der Waals surface area contributed by atoms with E-state index in [1.807, 2.05) is 5.38 Å². The van der Waals surface area contributed by atoms with Crippen LogP contribution in [0.25, 0.3) is 0 Å². The monoisotopic (exact) mass is 297 g/mol. The van der Waals surface area contributed by atoms with Crippen molar-refractivity contribution in [3.63, 3.8) is 0 Å². The average Bonchev–Trinajstić information content (AvgIpc) is 2.89. The van der Waals surface area contributed by atoms with Crippen molar-refractivity contribution in [2.75, 3.05) is 19.6 Å². The first-order chi connectivity index (χ1) is 9.69. The maximum Gasteiger partial charge on any atom is 0.324 e. The highest BCUT2D eigenvalue weighted by atomic mass is 32.1. The molecule has 0 aromatic carbocycles. The van der Waals surface area contributed by atoms with Crippen LogP contribution >= 0.6 is 11.3 Å². The van der Waals surface area contributed by atoms with Crippen LogP contribution in [0.2, 0.25) is 0 Å². The number of rotatable bonds is 7. The second-order valence-electron chi connectivity index (χ2n) is 5.43. The summed E-state index contributed by atoms with van der Waals surface area (Å²) in [4.78, 5) is 12.8. The molecule has 1 aromatic rings. The van der Waals surface area contributed by atoms with E-state index in [1.165, 1.54) is 30.6 Å². The van der Waals surface area contributed by atoms with E-state index in [2.05, 4.69) is 17.1 Å². The van der Waals surface area contributed by atoms with E-state index in [4.69, 9.17) is 0 Å². The van der Waals surface area contributed by atoms with Crippen molar-refractivity contribution in [3.05, 3.63) is 27.1 Å². The highest BCUT2D eigenvalue weighted by Gasteiger charge is 2.18. The summed E-state index contributed by atoms with van der Waals surface area (Å²) in [5, 5.41) is 16.5. The minimum absolute atomic E-state index is 0.243. The van der Waals surface area contributed by atoms with Crippen LogP contribution in [0.1, 0.15) is 38.2 Å². The minimum atomic E-state index is -0.305. The molecule has 0 saturated carbocycles. The molecule has 0 bridgehead atoms. The zero-order valence-electron chi connectivity index (χ0n) is 12.0. The number of piperidine rings is 1. The third-order valence-electron chi connectivity index (χ3n) is 3.66. The fraction of sp³-hybridized carbons (Fsp3) is 0.714. The van der Waals surface area contributed by atoms with Crippen LogP contribution in [0.15, 0.2) is 11.4 Å². The summed E-state index contributed by atoms with van der Waals surface area (Å²) in [5.74, 6) is 0. The lowest BCUT2D eigenvalue weighted by molar-refractivity contribution is -0.380. The number of nitro groups is 1. The topological polar surface area (TPSA) is 58.4 Å². The van der Waals surface area contributed by atoms with Crippen molar-refractivity contribution in [1.29, 1.82) is 0 Å². The first-order valence-electron chi connectivity index (χ1n) is 7.36. The van der Waals surface area contributed by atoms with E-state index in [-0.39, 0.29) is 9.92 Å². The Hall–Kier alpha value is -0.980. The average molecular weight is 297 g/mol. The molecule has 1 fully saturated rings. The first kappa shape index (κ1) is 15.4. The van der Waals surface area contributed by atoms with Crippen molar-refractivity contribution >= 4 is 16.3 Å². The van der Waals surface area contributed by atoms with Crippen LogP contribution in [-0.2, 0) is 6.54 Å². The Bertz CT molecular complexity index is 430. The lowest BCUT2D eigenvalue weighted by Gasteiger charge is -2.30. The third-order valence-corrected chi connectivity index (χ3v) is 4.59. The molecule has 0 spiro atoms. The Labute approximate surface area is 124 Å². The van der Waals surface area contributed by atoms with E-state index in [0.717, 1.165) is 38.2 Å². The number of thiophene rings is 1. The zero-order valence-corrected chi connectivity index (χ0v) is 12.8. The third kappa shape index (κ3) is 4.54. The minimum Gasteiger partial charge on any atom is -0.313 e. The standard InChI is InChI=1S/C14H23N3O2S/c1-2-7-16(10-13-5-3-4-6-15-13)9-12-8-14(17(18)19)20-11-12/h8,11,13,15H,2-7,9-10H2,1H3. The molecule has 0 radical (unpaired) electrons. The molecule has 1 unspecified atom stereocenters. The maximum atomic E-state index is 10.7. The smallest absolute Gasteiger partial charge is 0.313 e. The molecule has 2 heterocycles. The Morgan fingerprint density at radius 2 is 2.40 bits per heavy atom. The second-order valence-corrected chi connectivity index (χ2v) is 6.32. The molecule has 1 saturated heterocycles. The van der Waals surface area contributed by atoms with Gasteiger partial charge in [0.2, 0.25) is 0 Å². The molecule has 20 heavy (non-hydrogen) atoms. The summed E-state index contributed by atoms with van der Waals surface area (Å²) in [7, 11) is 0. The van der Waals surface area contributed by atoms with Gasteiger partial charge in [-0.15, -0.1) is 0 Å². The SMILES string of the molecule is CCCN(Cc1csc([N+](=O)[O-])c1)CC1CCCCN1. The van der Waals surface area contributed by atoms with Gasteiger partial charge in [0.15, 0.2) is 0 Å². The van der Waals surface area contributed by atoms with E-state index < -0.39 is 0 Å². The predicted molar refractivity (Wildman–Crippen MR) is 82.2 cm³/mol. The molecule has 1 N–H and O–H groups in total. The second kappa shape index (κ2) is 7.71. The molecular formula is C14H23N3O2S. The van der Waals surface area contributed by atoms with Crippen molar-refractivity contribution < 1.29 is 4.92 Å². The summed E-state index contributed by atoms with van der Waals surface area (Å²) >= 11 is 1.22. The number of hydrogen-bond donors (Lipinski definition) is 1. The molecule has 1 aromatic heterocycles. The van der Waals surface area contributed by atoms with Crippen molar-refractivity contribution in [1.82, 2.24) is 10.2 Å². The van der Waals surface area contributed by atoms with Crippen molar-refractivity contribution in [3.8, 4) is 0 Å². The van der Waals surface area contributed by atoms with Gasteiger partial charge in [-0.1, -0.05) is 24.7 Å². The fourth-order valence-corrected chi connectivity index (χ4v) is 3.46. The molecule has 6 heteroatoms. The lowest BCUT2D eigenvalue weighted by Crippen LogP contribution is -2.43. The molecule has 0 aliphatic carbocycles. The summed E-state index contributed by atoms with van der Waals surface area (Å²) < 4.78 is 0. The Morgan fingerprint density at radius 1 is 1.55 bits per heavy atom. The van der Waals surface area contributed by atoms with Gasteiger partial charge in [0, 0.05) is 30.6 Å². The van der Waals surface area contributed by atoms with E-state index in [1.54, 1.807) is 6.07 Å². The molecule has 112 valence electrons. The number of nitrogens with zero attached hydrogens (tertiary/aromatic N) is 2. The molecule has 1 atom stereocenters. The van der Waals surface area contributed by atoms with Gasteiger partial charge in [0.1, 0.15) is 0 Å². The van der Waals surface area contributed by atoms with Crippen molar-refractivity contribution in [2.45, 2.75) is 45.2 Å². The normalized spacial score (nSPS) is 19.4. The van der Waals surface area contributed by atoms with Gasteiger partial charge < -0.3 is 5.32 Å². The van der Waals surface area contributed by atoms with Crippen LogP contribution < -0.4 is 5.32 Å². The first-order valence-corrected chi connectivity index (χ1v) is 8.24. The lowest BCUT2D eigenvalue weighted by atomic mass is 10.0. The maximum absolute atomic E-state index is 10.7. The zero-order chi connectivity index (χ0) is 14.4. The molecular weight excluding hydrogens is 274 g/mol. The van der Waals surface area contributed by atoms with Gasteiger partial charge in [-0.3, -0.25) is 15.0 Å². The molecule has 5 nitrogen and oxygen atoms in total. The largest absolute Gasteiger partial charge is 0.324 e. The highest BCUT2D eigenvalue weighted by Crippen LogP contribution is 2.24. The summed E-state index contributed by atoms with van der Waals surface area (Å²) in [6.45, 7) is 6.20. The van der Waals surface area contributed by atoms with Gasteiger partial charge in [-0.2, -0.15) is 0 Å². The van der Waals surface area contributed by atoms with Gasteiger partial charge in [-0.25, -0.2) is 0 Å². The van der Waals surface area contributed by atoms with Crippen LogP contribution in [0.5, 0.6) is 0 Å². The molecule has 1 aliphatic rings. The van der Waals surface area contributed by atoms with E-state index in [0.29, 0.717) is 6.04 Å². The van der Waals surface area contributed by atoms with Gasteiger partial charge >= 0.3 is 5.00 Å². The summed E-state index contributed by atoms with van der Waals surface area (Å²) in [5.41, 5.74) is 1.06. The quantitative estimate of drug-likeness (QED) is 0.621. The van der Waals surface area contributed by atoms with Gasteiger partial charge in [-0.05, 0) is 37.9 Å².